The summed E-state index contributed by atoms with van der Waals surface area (Å²) in [4.78, 5) is 1.89. The third-order valence-corrected chi connectivity index (χ3v) is 2.64. The van der Waals surface area contributed by atoms with Gasteiger partial charge < -0.3 is 10.0 Å². The van der Waals surface area contributed by atoms with Crippen molar-refractivity contribution < 1.29 is 18.3 Å². The second kappa shape index (κ2) is 6.20. The van der Waals surface area contributed by atoms with E-state index in [2.05, 4.69) is 0 Å². The highest BCUT2D eigenvalue weighted by Crippen LogP contribution is 2.29. The lowest BCUT2D eigenvalue weighted by molar-refractivity contribution is -0.137. The van der Waals surface area contributed by atoms with E-state index in [1.165, 1.54) is 12.1 Å². The lowest BCUT2D eigenvalue weighted by Gasteiger charge is -2.18. The van der Waals surface area contributed by atoms with Gasteiger partial charge in [0.15, 0.2) is 0 Å². The monoisotopic (exact) mass is 261 g/mol. The maximum absolute atomic E-state index is 12.5. The fraction of sp³-hybridized carbons (Fsp3) is 0.538. The van der Waals surface area contributed by atoms with Crippen molar-refractivity contribution in [3.8, 4) is 0 Å². The average Bonchev–Trinajstić information content (AvgIpc) is 2.25. The van der Waals surface area contributed by atoms with Gasteiger partial charge >= 0.3 is 6.18 Å². The maximum atomic E-state index is 12.5. The zero-order chi connectivity index (χ0) is 13.8. The van der Waals surface area contributed by atoms with Gasteiger partial charge in [0.25, 0.3) is 0 Å². The number of alkyl halides is 3. The Hall–Kier alpha value is -1.07. The summed E-state index contributed by atoms with van der Waals surface area (Å²) in [6.07, 6.45) is -4.09. The maximum Gasteiger partial charge on any atom is 0.416 e. The fourth-order valence-electron chi connectivity index (χ4n) is 1.64. The van der Waals surface area contributed by atoms with E-state index in [0.29, 0.717) is 25.1 Å². The normalized spacial score (nSPS) is 13.9. The van der Waals surface area contributed by atoms with E-state index in [1.54, 1.807) is 13.0 Å². The highest BCUT2D eigenvalue weighted by Gasteiger charge is 2.30. The van der Waals surface area contributed by atoms with Gasteiger partial charge in [0, 0.05) is 13.1 Å². The molecule has 0 aliphatic rings. The van der Waals surface area contributed by atoms with Gasteiger partial charge in [-0.1, -0.05) is 18.2 Å². The van der Waals surface area contributed by atoms with E-state index < -0.39 is 17.8 Å². The molecule has 1 rings (SSSR count). The van der Waals surface area contributed by atoms with Crippen LogP contribution in [0.15, 0.2) is 24.3 Å². The molecule has 0 aliphatic heterocycles. The molecule has 1 aromatic rings. The quantitative estimate of drug-likeness (QED) is 0.881. The molecule has 0 bridgehead atoms. The van der Waals surface area contributed by atoms with Crippen LogP contribution in [0.1, 0.15) is 24.5 Å². The average molecular weight is 261 g/mol. The standard InChI is InChI=1S/C13H18F3NO/c1-10(18)6-7-17(2)9-11-4-3-5-12(8-11)13(14,15)16/h3-5,8,10,18H,6-7,9H2,1-2H3. The lowest BCUT2D eigenvalue weighted by Crippen LogP contribution is -2.22. The Balaban J connectivity index is 2.62. The van der Waals surface area contributed by atoms with Crippen LogP contribution in [0.4, 0.5) is 13.2 Å². The van der Waals surface area contributed by atoms with Crippen molar-refractivity contribution >= 4 is 0 Å². The lowest BCUT2D eigenvalue weighted by atomic mass is 10.1. The summed E-state index contributed by atoms with van der Waals surface area (Å²) in [5, 5.41) is 9.14. The summed E-state index contributed by atoms with van der Waals surface area (Å²) in [5.74, 6) is 0. The second-order valence-corrected chi connectivity index (χ2v) is 4.57. The zero-order valence-corrected chi connectivity index (χ0v) is 10.5. The van der Waals surface area contributed by atoms with Crippen molar-refractivity contribution in [1.29, 1.82) is 0 Å². The van der Waals surface area contributed by atoms with Gasteiger partial charge in [-0.2, -0.15) is 13.2 Å². The Morgan fingerprint density at radius 2 is 2.00 bits per heavy atom. The van der Waals surface area contributed by atoms with Crippen LogP contribution in [-0.4, -0.2) is 29.7 Å². The van der Waals surface area contributed by atoms with Crippen LogP contribution in [-0.2, 0) is 12.7 Å². The highest BCUT2D eigenvalue weighted by molar-refractivity contribution is 5.25. The Morgan fingerprint density at radius 3 is 2.56 bits per heavy atom. The Bertz CT molecular complexity index is 377. The topological polar surface area (TPSA) is 23.5 Å². The Kier molecular flexibility index (Phi) is 5.16. The molecular formula is C13H18F3NO. The molecular weight excluding hydrogens is 243 g/mol. The molecule has 0 saturated heterocycles. The molecule has 1 N–H and O–H groups in total. The van der Waals surface area contributed by atoms with Crippen molar-refractivity contribution in [2.75, 3.05) is 13.6 Å². The largest absolute Gasteiger partial charge is 0.416 e. The van der Waals surface area contributed by atoms with E-state index in [4.69, 9.17) is 5.11 Å². The summed E-state index contributed by atoms with van der Waals surface area (Å²) in [6, 6.07) is 5.33. The molecule has 2 nitrogen and oxygen atoms in total. The molecule has 1 unspecified atom stereocenters. The van der Waals surface area contributed by atoms with E-state index >= 15 is 0 Å². The summed E-state index contributed by atoms with van der Waals surface area (Å²) in [5.41, 5.74) is 0.00171. The number of hydrogen-bond donors (Lipinski definition) is 1. The molecule has 1 atom stereocenters. The molecule has 102 valence electrons. The van der Waals surface area contributed by atoms with Crippen LogP contribution >= 0.6 is 0 Å². The first kappa shape index (κ1) is 15.0. The van der Waals surface area contributed by atoms with Gasteiger partial charge in [0.2, 0.25) is 0 Å². The molecule has 0 aliphatic carbocycles. The molecule has 0 amide bonds. The third kappa shape index (κ3) is 5.06. The summed E-state index contributed by atoms with van der Waals surface area (Å²) < 4.78 is 37.5. The molecule has 0 aromatic heterocycles. The first-order chi connectivity index (χ1) is 8.29. The van der Waals surface area contributed by atoms with E-state index in [1.807, 2.05) is 11.9 Å². The molecule has 0 heterocycles. The number of halogens is 3. The van der Waals surface area contributed by atoms with Crippen molar-refractivity contribution in [2.24, 2.45) is 0 Å². The third-order valence-electron chi connectivity index (χ3n) is 2.64. The van der Waals surface area contributed by atoms with Crippen LogP contribution in [0.2, 0.25) is 0 Å². The summed E-state index contributed by atoms with van der Waals surface area (Å²) >= 11 is 0. The van der Waals surface area contributed by atoms with Crippen molar-refractivity contribution in [1.82, 2.24) is 4.90 Å². The van der Waals surface area contributed by atoms with Gasteiger partial charge in [0.05, 0.1) is 11.7 Å². The highest BCUT2D eigenvalue weighted by atomic mass is 19.4. The predicted molar refractivity (Wildman–Crippen MR) is 64.1 cm³/mol. The van der Waals surface area contributed by atoms with Gasteiger partial charge in [0.1, 0.15) is 0 Å². The van der Waals surface area contributed by atoms with Crippen LogP contribution in [0, 0.1) is 0 Å². The molecule has 18 heavy (non-hydrogen) atoms. The number of aliphatic hydroxyl groups is 1. The number of aliphatic hydroxyl groups excluding tert-OH is 1. The van der Waals surface area contributed by atoms with Gasteiger partial charge in [-0.3, -0.25) is 0 Å². The first-order valence-electron chi connectivity index (χ1n) is 5.82. The SMILES string of the molecule is CC(O)CCN(C)Cc1cccc(C(F)(F)F)c1. The van der Waals surface area contributed by atoms with Crippen LogP contribution in [0.5, 0.6) is 0 Å². The second-order valence-electron chi connectivity index (χ2n) is 4.57. The minimum absolute atomic E-state index is 0.394. The number of hydrogen-bond acceptors (Lipinski definition) is 2. The van der Waals surface area contributed by atoms with Gasteiger partial charge in [-0.05, 0) is 32.0 Å². The van der Waals surface area contributed by atoms with Gasteiger partial charge in [-0.15, -0.1) is 0 Å². The van der Waals surface area contributed by atoms with Crippen molar-refractivity contribution in [2.45, 2.75) is 32.2 Å². The molecule has 0 radical (unpaired) electrons. The Labute approximate surface area is 105 Å². The van der Waals surface area contributed by atoms with E-state index in [0.717, 1.165) is 6.07 Å². The number of nitrogens with zero attached hydrogens (tertiary/aromatic N) is 1. The van der Waals surface area contributed by atoms with E-state index in [-0.39, 0.29) is 0 Å². The van der Waals surface area contributed by atoms with Gasteiger partial charge in [-0.25, -0.2) is 0 Å². The smallest absolute Gasteiger partial charge is 0.393 e. The van der Waals surface area contributed by atoms with Crippen LogP contribution in [0.25, 0.3) is 0 Å². The molecule has 1 aromatic carbocycles. The molecule has 5 heteroatoms. The molecule has 0 saturated carbocycles. The molecule has 0 spiro atoms. The van der Waals surface area contributed by atoms with Crippen LogP contribution in [0.3, 0.4) is 0 Å². The zero-order valence-electron chi connectivity index (χ0n) is 10.5. The first-order valence-corrected chi connectivity index (χ1v) is 5.82. The molecule has 0 fully saturated rings. The number of rotatable bonds is 5. The minimum atomic E-state index is -4.30. The number of benzene rings is 1. The predicted octanol–water partition coefficient (Wildman–Crippen LogP) is 2.91. The fourth-order valence-corrected chi connectivity index (χ4v) is 1.64. The van der Waals surface area contributed by atoms with E-state index in [9.17, 15) is 13.2 Å². The summed E-state index contributed by atoms with van der Waals surface area (Å²) in [6.45, 7) is 2.78. The van der Waals surface area contributed by atoms with Crippen LogP contribution < -0.4 is 0 Å². The van der Waals surface area contributed by atoms with Crippen molar-refractivity contribution in [3.05, 3.63) is 35.4 Å². The summed E-state index contributed by atoms with van der Waals surface area (Å²) in [7, 11) is 1.82. The minimum Gasteiger partial charge on any atom is -0.393 e. The van der Waals surface area contributed by atoms with Crippen molar-refractivity contribution in [3.63, 3.8) is 0 Å². The Morgan fingerprint density at radius 1 is 1.33 bits per heavy atom.